The van der Waals surface area contributed by atoms with E-state index in [1.54, 1.807) is 6.20 Å². The van der Waals surface area contributed by atoms with Crippen LogP contribution in [-0.4, -0.2) is 42.9 Å². The molecule has 0 amide bonds. The lowest BCUT2D eigenvalue weighted by molar-refractivity contribution is 0.134. The van der Waals surface area contributed by atoms with Crippen LogP contribution in [-0.2, 0) is 4.74 Å². The Morgan fingerprint density at radius 2 is 1.92 bits per heavy atom. The molecule has 4 rings (SSSR count). The van der Waals surface area contributed by atoms with Gasteiger partial charge in [-0.15, -0.1) is 0 Å². The molecular formula is C18H21ClN4O3. The fourth-order valence-corrected chi connectivity index (χ4v) is 3.57. The first-order valence-electron chi connectivity index (χ1n) is 8.74. The van der Waals surface area contributed by atoms with Crippen molar-refractivity contribution in [2.45, 2.75) is 18.9 Å². The first kappa shape index (κ1) is 17.2. The Kier molecular flexibility index (Phi) is 4.99. The first-order chi connectivity index (χ1) is 12.7. The average Bonchev–Trinajstić information content (AvgIpc) is 3.01. The van der Waals surface area contributed by atoms with Gasteiger partial charge in [-0.1, -0.05) is 11.6 Å². The van der Waals surface area contributed by atoms with Crippen LogP contribution in [0.2, 0.25) is 5.02 Å². The lowest BCUT2D eigenvalue weighted by Crippen LogP contribution is -2.31. The highest BCUT2D eigenvalue weighted by molar-refractivity contribution is 6.31. The minimum absolute atomic E-state index is 0.101. The number of hydrogen-bond donors (Lipinski definition) is 1. The van der Waals surface area contributed by atoms with Crippen LogP contribution >= 0.6 is 11.6 Å². The predicted molar refractivity (Wildman–Crippen MR) is 99.0 cm³/mol. The normalized spacial score (nSPS) is 20.3. The van der Waals surface area contributed by atoms with Crippen LogP contribution in [0, 0.1) is 0 Å². The molecule has 0 aliphatic carbocycles. The van der Waals surface area contributed by atoms with Crippen molar-refractivity contribution in [3.05, 3.63) is 35.0 Å². The number of halogens is 1. The molecule has 2 aliphatic rings. The number of ether oxygens (including phenoxy) is 3. The fraction of sp³-hybridized carbons (Fsp3) is 0.444. The second-order valence-corrected chi connectivity index (χ2v) is 6.69. The summed E-state index contributed by atoms with van der Waals surface area (Å²) in [5.74, 6) is 2.41. The number of rotatable bonds is 2. The molecule has 7 nitrogen and oxygen atoms in total. The van der Waals surface area contributed by atoms with Gasteiger partial charge in [0, 0.05) is 36.9 Å². The zero-order chi connectivity index (χ0) is 17.9. The maximum Gasteiger partial charge on any atom is 0.221 e. The maximum absolute atomic E-state index is 6.61. The summed E-state index contributed by atoms with van der Waals surface area (Å²) in [6, 6.07) is 5.54. The van der Waals surface area contributed by atoms with Crippen LogP contribution in [0.4, 0.5) is 11.8 Å². The third-order valence-electron chi connectivity index (χ3n) is 4.52. The molecule has 0 saturated carbocycles. The topological polar surface area (TPSA) is 82.7 Å². The van der Waals surface area contributed by atoms with Crippen molar-refractivity contribution in [3.8, 4) is 11.5 Å². The summed E-state index contributed by atoms with van der Waals surface area (Å²) in [5.41, 5.74) is 6.71. The van der Waals surface area contributed by atoms with E-state index in [4.69, 9.17) is 31.5 Å². The predicted octanol–water partition coefficient (Wildman–Crippen LogP) is 2.84. The molecule has 0 unspecified atom stereocenters. The zero-order valence-electron chi connectivity index (χ0n) is 14.4. The molecule has 0 spiro atoms. The Bertz CT molecular complexity index is 789. The van der Waals surface area contributed by atoms with Crippen LogP contribution in [0.25, 0.3) is 0 Å². The van der Waals surface area contributed by atoms with Gasteiger partial charge in [0.1, 0.15) is 5.82 Å². The van der Waals surface area contributed by atoms with Crippen LogP contribution < -0.4 is 20.1 Å². The third kappa shape index (κ3) is 3.50. The van der Waals surface area contributed by atoms with Crippen molar-refractivity contribution in [2.75, 3.05) is 43.6 Å². The van der Waals surface area contributed by atoms with Crippen molar-refractivity contribution < 1.29 is 14.2 Å². The molecular weight excluding hydrogens is 356 g/mol. The molecule has 2 aliphatic heterocycles. The molecule has 2 N–H and O–H groups in total. The van der Waals surface area contributed by atoms with Gasteiger partial charge < -0.3 is 24.8 Å². The molecule has 2 aromatic rings. The van der Waals surface area contributed by atoms with Gasteiger partial charge in [0.15, 0.2) is 11.5 Å². The number of benzene rings is 1. The Morgan fingerprint density at radius 1 is 1.12 bits per heavy atom. The largest absolute Gasteiger partial charge is 0.490 e. The van der Waals surface area contributed by atoms with Gasteiger partial charge in [-0.2, -0.15) is 4.98 Å². The smallest absolute Gasteiger partial charge is 0.221 e. The molecule has 1 atom stereocenters. The van der Waals surface area contributed by atoms with E-state index in [0.717, 1.165) is 30.8 Å². The van der Waals surface area contributed by atoms with Gasteiger partial charge >= 0.3 is 0 Å². The molecule has 138 valence electrons. The molecule has 0 bridgehead atoms. The van der Waals surface area contributed by atoms with E-state index < -0.39 is 0 Å². The number of nitrogens with zero attached hydrogens (tertiary/aromatic N) is 3. The molecule has 8 heteroatoms. The maximum atomic E-state index is 6.61. The van der Waals surface area contributed by atoms with Crippen LogP contribution in [0.5, 0.6) is 11.5 Å². The van der Waals surface area contributed by atoms with Crippen LogP contribution in [0.15, 0.2) is 24.4 Å². The SMILES string of the molecule is Nc1nccc(N2CCCOC[C@@H]2c2cc3c(cc2Cl)OCCCO3)n1. The summed E-state index contributed by atoms with van der Waals surface area (Å²) in [4.78, 5) is 10.5. The molecule has 0 radical (unpaired) electrons. The molecule has 3 heterocycles. The molecule has 1 aromatic carbocycles. The third-order valence-corrected chi connectivity index (χ3v) is 4.85. The highest BCUT2D eigenvalue weighted by Crippen LogP contribution is 2.40. The Balaban J connectivity index is 1.74. The molecule has 1 fully saturated rings. The summed E-state index contributed by atoms with van der Waals surface area (Å²) < 4.78 is 17.4. The van der Waals surface area contributed by atoms with Crippen molar-refractivity contribution in [1.82, 2.24) is 9.97 Å². The number of nitrogen functional groups attached to an aromatic ring is 1. The molecule has 1 saturated heterocycles. The van der Waals surface area contributed by atoms with Crippen molar-refractivity contribution in [3.63, 3.8) is 0 Å². The fourth-order valence-electron chi connectivity index (χ4n) is 3.29. The summed E-state index contributed by atoms with van der Waals surface area (Å²) in [6.07, 6.45) is 3.40. The summed E-state index contributed by atoms with van der Waals surface area (Å²) >= 11 is 6.61. The standard InChI is InChI=1S/C18H21ClN4O3/c19-13-10-16-15(25-7-2-8-26-16)9-12(13)14-11-24-6-1-5-23(14)17-3-4-21-18(20)22-17/h3-4,9-10,14H,1-2,5-8,11H2,(H2,20,21,22)/t14-/m1/s1. The van der Waals surface area contributed by atoms with Gasteiger partial charge in [0.25, 0.3) is 0 Å². The minimum atomic E-state index is -0.101. The number of aromatic nitrogens is 2. The van der Waals surface area contributed by atoms with E-state index in [9.17, 15) is 0 Å². The van der Waals surface area contributed by atoms with Crippen molar-refractivity contribution >= 4 is 23.4 Å². The minimum Gasteiger partial charge on any atom is -0.490 e. The van der Waals surface area contributed by atoms with E-state index in [1.807, 2.05) is 18.2 Å². The second kappa shape index (κ2) is 7.55. The Hall–Kier alpha value is -2.25. The van der Waals surface area contributed by atoms with E-state index in [2.05, 4.69) is 14.9 Å². The van der Waals surface area contributed by atoms with Crippen molar-refractivity contribution in [1.29, 1.82) is 0 Å². The lowest BCUT2D eigenvalue weighted by atomic mass is 10.0. The average molecular weight is 377 g/mol. The highest BCUT2D eigenvalue weighted by Gasteiger charge is 2.28. The van der Waals surface area contributed by atoms with Gasteiger partial charge in [-0.25, -0.2) is 4.98 Å². The van der Waals surface area contributed by atoms with Crippen LogP contribution in [0.1, 0.15) is 24.4 Å². The van der Waals surface area contributed by atoms with Crippen LogP contribution in [0.3, 0.4) is 0 Å². The number of hydrogen-bond acceptors (Lipinski definition) is 7. The van der Waals surface area contributed by atoms with Gasteiger partial charge in [0.2, 0.25) is 5.95 Å². The summed E-state index contributed by atoms with van der Waals surface area (Å²) in [6.45, 7) is 3.23. The Labute approximate surface area is 157 Å². The quantitative estimate of drug-likeness (QED) is 0.862. The van der Waals surface area contributed by atoms with E-state index in [-0.39, 0.29) is 12.0 Å². The molecule has 1 aromatic heterocycles. The number of nitrogens with two attached hydrogens (primary N) is 1. The summed E-state index contributed by atoms with van der Waals surface area (Å²) in [5, 5.41) is 0.622. The summed E-state index contributed by atoms with van der Waals surface area (Å²) in [7, 11) is 0. The van der Waals surface area contributed by atoms with E-state index in [0.29, 0.717) is 42.9 Å². The number of anilines is 2. The second-order valence-electron chi connectivity index (χ2n) is 6.28. The first-order valence-corrected chi connectivity index (χ1v) is 9.12. The van der Waals surface area contributed by atoms with Crippen molar-refractivity contribution in [2.24, 2.45) is 0 Å². The Morgan fingerprint density at radius 3 is 2.73 bits per heavy atom. The number of fused-ring (bicyclic) bond motifs is 1. The van der Waals surface area contributed by atoms with E-state index in [1.165, 1.54) is 0 Å². The van der Waals surface area contributed by atoms with E-state index >= 15 is 0 Å². The highest BCUT2D eigenvalue weighted by atomic mass is 35.5. The van der Waals surface area contributed by atoms with Gasteiger partial charge in [-0.05, 0) is 24.1 Å². The monoisotopic (exact) mass is 376 g/mol. The molecule has 26 heavy (non-hydrogen) atoms. The lowest BCUT2D eigenvalue weighted by Gasteiger charge is -2.31. The zero-order valence-corrected chi connectivity index (χ0v) is 15.1. The van der Waals surface area contributed by atoms with Gasteiger partial charge in [0.05, 0.1) is 25.9 Å². The van der Waals surface area contributed by atoms with Gasteiger partial charge in [-0.3, -0.25) is 0 Å².